The van der Waals surface area contributed by atoms with Crippen molar-refractivity contribution in [3.05, 3.63) is 22.9 Å². The molecule has 1 atom stereocenters. The monoisotopic (exact) mass is 271 g/mol. The van der Waals surface area contributed by atoms with Crippen LogP contribution in [-0.4, -0.2) is 11.5 Å². The molecule has 0 aliphatic heterocycles. The van der Waals surface area contributed by atoms with E-state index in [1.165, 1.54) is 43.4 Å². The number of anilines is 1. The van der Waals surface area contributed by atoms with Crippen molar-refractivity contribution in [2.24, 2.45) is 5.92 Å². The molecule has 3 heteroatoms. The lowest BCUT2D eigenvalue weighted by Crippen LogP contribution is -2.15. The van der Waals surface area contributed by atoms with Crippen molar-refractivity contribution in [3.63, 3.8) is 0 Å². The highest BCUT2D eigenvalue weighted by molar-refractivity contribution is 5.55. The van der Waals surface area contributed by atoms with Crippen molar-refractivity contribution >= 4 is 5.82 Å². The minimum atomic E-state index is 0.677. The highest BCUT2D eigenvalue weighted by Crippen LogP contribution is 2.25. The van der Waals surface area contributed by atoms with Gasteiger partial charge in [-0.25, -0.2) is 4.98 Å². The Hall–Kier alpha value is -1.56. The minimum Gasteiger partial charge on any atom is -0.369 e. The van der Waals surface area contributed by atoms with Crippen LogP contribution in [0.3, 0.4) is 0 Å². The fraction of sp³-hybridized carbons (Fsp3) is 0.647. The molecule has 0 amide bonds. The van der Waals surface area contributed by atoms with Gasteiger partial charge in [-0.15, -0.1) is 0 Å². The van der Waals surface area contributed by atoms with E-state index < -0.39 is 0 Å². The first-order valence-electron chi connectivity index (χ1n) is 7.95. The SMILES string of the molecule is CCCCC(CC)CNc1nc2c(cc1C#N)CCC2. The van der Waals surface area contributed by atoms with Gasteiger partial charge in [0.1, 0.15) is 11.9 Å². The van der Waals surface area contributed by atoms with Crippen LogP contribution in [0.15, 0.2) is 6.07 Å². The summed E-state index contributed by atoms with van der Waals surface area (Å²) in [5, 5.41) is 12.7. The zero-order valence-corrected chi connectivity index (χ0v) is 12.7. The number of aryl methyl sites for hydroxylation is 2. The third-order valence-electron chi connectivity index (χ3n) is 4.27. The van der Waals surface area contributed by atoms with Gasteiger partial charge in [0.15, 0.2) is 0 Å². The molecule has 1 unspecified atom stereocenters. The largest absolute Gasteiger partial charge is 0.369 e. The first-order valence-corrected chi connectivity index (χ1v) is 7.95. The summed E-state index contributed by atoms with van der Waals surface area (Å²) in [7, 11) is 0. The zero-order valence-electron chi connectivity index (χ0n) is 12.7. The molecule has 2 rings (SSSR count). The van der Waals surface area contributed by atoms with Crippen LogP contribution in [-0.2, 0) is 12.8 Å². The van der Waals surface area contributed by atoms with E-state index in [2.05, 4.69) is 30.2 Å². The van der Waals surface area contributed by atoms with Crippen LogP contribution in [0.25, 0.3) is 0 Å². The van der Waals surface area contributed by atoms with Crippen LogP contribution in [0.4, 0.5) is 5.82 Å². The lowest BCUT2D eigenvalue weighted by molar-refractivity contribution is 0.472. The van der Waals surface area contributed by atoms with E-state index in [9.17, 15) is 5.26 Å². The molecular formula is C17H25N3. The molecule has 0 fully saturated rings. The van der Waals surface area contributed by atoms with E-state index in [4.69, 9.17) is 0 Å². The minimum absolute atomic E-state index is 0.677. The number of hydrogen-bond donors (Lipinski definition) is 1. The highest BCUT2D eigenvalue weighted by atomic mass is 15.0. The number of nitrogens with one attached hydrogen (secondary N) is 1. The average Bonchev–Trinajstić information content (AvgIpc) is 2.93. The van der Waals surface area contributed by atoms with Crippen molar-refractivity contribution in [2.75, 3.05) is 11.9 Å². The van der Waals surface area contributed by atoms with E-state index in [0.29, 0.717) is 11.5 Å². The van der Waals surface area contributed by atoms with Crippen LogP contribution >= 0.6 is 0 Å². The number of unbranched alkanes of at least 4 members (excludes halogenated alkanes) is 1. The van der Waals surface area contributed by atoms with Gasteiger partial charge in [-0.1, -0.05) is 33.1 Å². The molecule has 3 nitrogen and oxygen atoms in total. The summed E-state index contributed by atoms with van der Waals surface area (Å²) in [6.45, 7) is 5.40. The predicted molar refractivity (Wildman–Crippen MR) is 82.8 cm³/mol. The number of hydrogen-bond acceptors (Lipinski definition) is 3. The summed E-state index contributed by atoms with van der Waals surface area (Å²) in [5.41, 5.74) is 3.16. The van der Waals surface area contributed by atoms with Crippen molar-refractivity contribution < 1.29 is 0 Å². The van der Waals surface area contributed by atoms with Gasteiger partial charge in [-0.3, -0.25) is 0 Å². The van der Waals surface area contributed by atoms with E-state index in [1.807, 2.05) is 6.07 Å². The molecule has 108 valence electrons. The number of pyridine rings is 1. The van der Waals surface area contributed by atoms with Crippen molar-refractivity contribution in [2.45, 2.75) is 58.8 Å². The molecule has 0 saturated heterocycles. The second kappa shape index (κ2) is 7.28. The van der Waals surface area contributed by atoms with Crippen LogP contribution in [0.5, 0.6) is 0 Å². The molecule has 0 aromatic carbocycles. The third kappa shape index (κ3) is 3.50. The lowest BCUT2D eigenvalue weighted by Gasteiger charge is -2.17. The van der Waals surface area contributed by atoms with E-state index in [0.717, 1.165) is 25.2 Å². The number of nitriles is 1. The third-order valence-corrected chi connectivity index (χ3v) is 4.27. The summed E-state index contributed by atoms with van der Waals surface area (Å²) >= 11 is 0. The Bertz CT molecular complexity index is 488. The van der Waals surface area contributed by atoms with Crippen LogP contribution in [0, 0.1) is 17.2 Å². The second-order valence-corrected chi connectivity index (χ2v) is 5.75. The second-order valence-electron chi connectivity index (χ2n) is 5.75. The molecule has 1 N–H and O–H groups in total. The maximum atomic E-state index is 9.28. The van der Waals surface area contributed by atoms with Crippen molar-refractivity contribution in [1.82, 2.24) is 4.98 Å². The molecule has 0 radical (unpaired) electrons. The number of nitrogens with zero attached hydrogens (tertiary/aromatic N) is 2. The van der Waals surface area contributed by atoms with Gasteiger partial charge in [0.25, 0.3) is 0 Å². The number of fused-ring (bicyclic) bond motifs is 1. The van der Waals surface area contributed by atoms with Crippen LogP contribution in [0.2, 0.25) is 0 Å². The Morgan fingerprint density at radius 2 is 2.25 bits per heavy atom. The standard InChI is InChI=1S/C17H25N3/c1-3-5-7-13(4-2)12-19-17-15(11-18)10-14-8-6-9-16(14)20-17/h10,13H,3-9,12H2,1-2H3,(H,19,20). The molecule has 1 aromatic heterocycles. The molecule has 0 saturated carbocycles. The van der Waals surface area contributed by atoms with Crippen LogP contribution in [0.1, 0.15) is 62.8 Å². The van der Waals surface area contributed by atoms with Crippen molar-refractivity contribution in [3.8, 4) is 6.07 Å². The van der Waals surface area contributed by atoms with E-state index >= 15 is 0 Å². The molecule has 20 heavy (non-hydrogen) atoms. The van der Waals surface area contributed by atoms with E-state index in [1.54, 1.807) is 0 Å². The topological polar surface area (TPSA) is 48.7 Å². The average molecular weight is 271 g/mol. The van der Waals surface area contributed by atoms with Gasteiger partial charge in [0.2, 0.25) is 0 Å². The Kier molecular flexibility index (Phi) is 5.40. The fourth-order valence-electron chi connectivity index (χ4n) is 2.88. The Balaban J connectivity index is 2.03. The predicted octanol–water partition coefficient (Wildman–Crippen LogP) is 4.07. The van der Waals surface area contributed by atoms with Crippen LogP contribution < -0.4 is 5.32 Å². The van der Waals surface area contributed by atoms with E-state index in [-0.39, 0.29) is 0 Å². The van der Waals surface area contributed by atoms with Crippen molar-refractivity contribution in [1.29, 1.82) is 5.26 Å². The van der Waals surface area contributed by atoms with Gasteiger partial charge in [-0.2, -0.15) is 5.26 Å². The smallest absolute Gasteiger partial charge is 0.144 e. The maximum Gasteiger partial charge on any atom is 0.144 e. The number of aromatic nitrogens is 1. The first kappa shape index (κ1) is 14.8. The van der Waals surface area contributed by atoms with Gasteiger partial charge in [-0.05, 0) is 43.2 Å². The summed E-state index contributed by atoms with van der Waals surface area (Å²) in [6, 6.07) is 4.32. The summed E-state index contributed by atoms with van der Waals surface area (Å²) in [5.74, 6) is 1.47. The normalized spacial score (nSPS) is 14.7. The Morgan fingerprint density at radius 3 is 2.95 bits per heavy atom. The summed E-state index contributed by atoms with van der Waals surface area (Å²) in [6.07, 6.45) is 8.27. The van der Waals surface area contributed by atoms with Gasteiger partial charge >= 0.3 is 0 Å². The summed E-state index contributed by atoms with van der Waals surface area (Å²) in [4.78, 5) is 4.68. The molecule has 1 aromatic rings. The molecule has 1 aliphatic rings. The highest BCUT2D eigenvalue weighted by Gasteiger charge is 2.16. The molecule has 1 heterocycles. The fourth-order valence-corrected chi connectivity index (χ4v) is 2.88. The lowest BCUT2D eigenvalue weighted by atomic mass is 9.99. The first-order chi connectivity index (χ1) is 9.78. The number of rotatable bonds is 7. The van der Waals surface area contributed by atoms with Gasteiger partial charge < -0.3 is 5.32 Å². The van der Waals surface area contributed by atoms with Gasteiger partial charge in [0.05, 0.1) is 5.56 Å². The zero-order chi connectivity index (χ0) is 14.4. The summed E-state index contributed by atoms with van der Waals surface area (Å²) < 4.78 is 0. The molecular weight excluding hydrogens is 246 g/mol. The molecule has 1 aliphatic carbocycles. The Labute approximate surface area is 122 Å². The maximum absolute atomic E-state index is 9.28. The molecule has 0 spiro atoms. The quantitative estimate of drug-likeness (QED) is 0.813. The van der Waals surface area contributed by atoms with Gasteiger partial charge in [0, 0.05) is 12.2 Å². The molecule has 0 bridgehead atoms. The Morgan fingerprint density at radius 1 is 1.40 bits per heavy atom.